The molecule has 0 bridgehead atoms. The Balaban J connectivity index is 1.89. The van der Waals surface area contributed by atoms with Crippen LogP contribution in [0.2, 0.25) is 0 Å². The molecule has 5 nitrogen and oxygen atoms in total. The molecule has 102 valence electrons. The average Bonchev–Trinajstić information content (AvgIpc) is 2.97. The zero-order valence-corrected chi connectivity index (χ0v) is 11.5. The van der Waals surface area contributed by atoms with E-state index in [1.807, 2.05) is 4.68 Å². The molecule has 1 fully saturated rings. The van der Waals surface area contributed by atoms with Gasteiger partial charge in [0.25, 0.3) is 0 Å². The summed E-state index contributed by atoms with van der Waals surface area (Å²) in [6.07, 6.45) is 6.42. The van der Waals surface area contributed by atoms with Crippen molar-refractivity contribution in [1.82, 2.24) is 20.1 Å². The van der Waals surface area contributed by atoms with E-state index in [1.54, 1.807) is 12.7 Å². The lowest BCUT2D eigenvalue weighted by Crippen LogP contribution is -2.48. The Bertz CT molecular complexity index is 363. The first-order valence-corrected chi connectivity index (χ1v) is 6.78. The highest BCUT2D eigenvalue weighted by Gasteiger charge is 2.31. The van der Waals surface area contributed by atoms with Crippen molar-refractivity contribution >= 4 is 0 Å². The smallest absolute Gasteiger partial charge is 0.137 e. The van der Waals surface area contributed by atoms with Gasteiger partial charge in [-0.15, -0.1) is 0 Å². The van der Waals surface area contributed by atoms with Gasteiger partial charge in [-0.25, -0.2) is 9.67 Å². The summed E-state index contributed by atoms with van der Waals surface area (Å²) in [6.45, 7) is 7.32. The van der Waals surface area contributed by atoms with Crippen molar-refractivity contribution in [2.45, 2.75) is 57.7 Å². The van der Waals surface area contributed by atoms with Crippen LogP contribution in [0.5, 0.6) is 0 Å². The highest BCUT2D eigenvalue weighted by molar-refractivity contribution is 4.88. The number of hydrogen-bond donors (Lipinski definition) is 2. The number of aromatic nitrogens is 3. The fourth-order valence-electron chi connectivity index (χ4n) is 2.54. The van der Waals surface area contributed by atoms with Crippen LogP contribution in [-0.4, -0.2) is 38.6 Å². The van der Waals surface area contributed by atoms with E-state index < -0.39 is 0 Å². The van der Waals surface area contributed by atoms with Crippen LogP contribution in [-0.2, 0) is 5.54 Å². The minimum atomic E-state index is -0.126. The molecule has 1 aromatic heterocycles. The molecule has 0 aliphatic heterocycles. The molecule has 5 heteroatoms. The number of aliphatic hydroxyl groups is 1. The van der Waals surface area contributed by atoms with Crippen LogP contribution in [0.1, 0.15) is 40.0 Å². The van der Waals surface area contributed by atoms with E-state index in [2.05, 4.69) is 36.2 Å². The fourth-order valence-corrected chi connectivity index (χ4v) is 2.54. The van der Waals surface area contributed by atoms with Crippen molar-refractivity contribution in [3.63, 3.8) is 0 Å². The van der Waals surface area contributed by atoms with Crippen molar-refractivity contribution in [3.05, 3.63) is 12.7 Å². The monoisotopic (exact) mass is 252 g/mol. The summed E-state index contributed by atoms with van der Waals surface area (Å²) in [5.41, 5.74) is -0.125. The van der Waals surface area contributed by atoms with E-state index in [4.69, 9.17) is 0 Å². The molecule has 0 radical (unpaired) electrons. The summed E-state index contributed by atoms with van der Waals surface area (Å²) in [7, 11) is 0. The molecular formula is C13H24N4O. The number of nitrogens with zero attached hydrogens (tertiary/aromatic N) is 3. The first-order valence-electron chi connectivity index (χ1n) is 6.78. The highest BCUT2D eigenvalue weighted by Crippen LogP contribution is 2.25. The largest absolute Gasteiger partial charge is 0.393 e. The second kappa shape index (κ2) is 5.36. The van der Waals surface area contributed by atoms with Gasteiger partial charge in [0, 0.05) is 12.6 Å². The van der Waals surface area contributed by atoms with Crippen LogP contribution in [0, 0.1) is 5.92 Å². The van der Waals surface area contributed by atoms with Gasteiger partial charge in [-0.3, -0.25) is 0 Å². The van der Waals surface area contributed by atoms with Crippen molar-refractivity contribution in [3.8, 4) is 0 Å². The van der Waals surface area contributed by atoms with Gasteiger partial charge in [-0.2, -0.15) is 5.10 Å². The lowest BCUT2D eigenvalue weighted by Gasteiger charge is -2.33. The van der Waals surface area contributed by atoms with Gasteiger partial charge in [0.05, 0.1) is 11.6 Å². The molecule has 0 aromatic carbocycles. The third-order valence-corrected chi connectivity index (χ3v) is 4.37. The maximum Gasteiger partial charge on any atom is 0.137 e. The number of aliphatic hydroxyl groups excluding tert-OH is 1. The van der Waals surface area contributed by atoms with E-state index in [-0.39, 0.29) is 17.7 Å². The zero-order valence-electron chi connectivity index (χ0n) is 11.5. The summed E-state index contributed by atoms with van der Waals surface area (Å²) in [5.74, 6) is 0.402. The van der Waals surface area contributed by atoms with Crippen molar-refractivity contribution in [2.24, 2.45) is 5.92 Å². The van der Waals surface area contributed by atoms with Gasteiger partial charge in [0.2, 0.25) is 0 Å². The zero-order chi connectivity index (χ0) is 13.2. The third-order valence-electron chi connectivity index (χ3n) is 4.37. The van der Waals surface area contributed by atoms with Crippen LogP contribution in [0.4, 0.5) is 0 Å². The minimum absolute atomic E-state index is 0.125. The van der Waals surface area contributed by atoms with Gasteiger partial charge in [-0.05, 0) is 39.5 Å². The highest BCUT2D eigenvalue weighted by atomic mass is 16.3. The molecule has 1 aromatic rings. The molecule has 18 heavy (non-hydrogen) atoms. The van der Waals surface area contributed by atoms with Gasteiger partial charge >= 0.3 is 0 Å². The standard InChI is InChI=1S/C13H24N4O/c1-10(13(2,3)17-9-14-8-16-17)15-7-11-5-4-6-12(11)18/h8-12,15,18H,4-7H2,1-3H3/t10?,11-,12+/m1/s1. The molecule has 1 unspecified atom stereocenters. The summed E-state index contributed by atoms with van der Waals surface area (Å²) >= 11 is 0. The van der Waals surface area contributed by atoms with Crippen molar-refractivity contribution in [1.29, 1.82) is 0 Å². The number of rotatable bonds is 5. The van der Waals surface area contributed by atoms with Crippen LogP contribution in [0.3, 0.4) is 0 Å². The Hall–Kier alpha value is -0.940. The van der Waals surface area contributed by atoms with Crippen molar-refractivity contribution in [2.75, 3.05) is 6.54 Å². The van der Waals surface area contributed by atoms with Crippen LogP contribution in [0.25, 0.3) is 0 Å². The Morgan fingerprint density at radius 1 is 1.50 bits per heavy atom. The fraction of sp³-hybridized carbons (Fsp3) is 0.846. The summed E-state index contributed by atoms with van der Waals surface area (Å²) < 4.78 is 1.88. The predicted octanol–water partition coefficient (Wildman–Crippen LogP) is 1.15. The predicted molar refractivity (Wildman–Crippen MR) is 70.2 cm³/mol. The van der Waals surface area contributed by atoms with E-state index in [1.165, 1.54) is 0 Å². The molecule has 1 heterocycles. The molecule has 2 N–H and O–H groups in total. The average molecular weight is 252 g/mol. The summed E-state index contributed by atoms with van der Waals surface area (Å²) in [6, 6.07) is 0.270. The Labute approximate surface area is 109 Å². The van der Waals surface area contributed by atoms with E-state index in [0.29, 0.717) is 5.92 Å². The summed E-state index contributed by atoms with van der Waals surface area (Å²) in [4.78, 5) is 4.00. The second-order valence-corrected chi connectivity index (χ2v) is 5.88. The van der Waals surface area contributed by atoms with E-state index in [0.717, 1.165) is 25.8 Å². The second-order valence-electron chi connectivity index (χ2n) is 5.88. The molecule has 0 saturated heterocycles. The maximum atomic E-state index is 9.82. The molecule has 3 atom stereocenters. The molecule has 1 aliphatic carbocycles. The number of nitrogens with one attached hydrogen (secondary N) is 1. The summed E-state index contributed by atoms with van der Waals surface area (Å²) in [5, 5.41) is 17.6. The quantitative estimate of drug-likeness (QED) is 0.825. The Morgan fingerprint density at radius 3 is 2.83 bits per heavy atom. The Morgan fingerprint density at radius 2 is 2.28 bits per heavy atom. The molecule has 1 saturated carbocycles. The first kappa shape index (κ1) is 13.5. The normalized spacial score (nSPS) is 26.4. The molecule has 0 amide bonds. The molecule has 1 aliphatic rings. The lowest BCUT2D eigenvalue weighted by molar-refractivity contribution is 0.124. The molecule has 2 rings (SSSR count). The first-order chi connectivity index (χ1) is 8.51. The minimum Gasteiger partial charge on any atom is -0.393 e. The van der Waals surface area contributed by atoms with E-state index in [9.17, 15) is 5.11 Å². The topological polar surface area (TPSA) is 63.0 Å². The molecular weight excluding hydrogens is 228 g/mol. The van der Waals surface area contributed by atoms with Crippen LogP contribution >= 0.6 is 0 Å². The van der Waals surface area contributed by atoms with Gasteiger partial charge in [0.15, 0.2) is 0 Å². The van der Waals surface area contributed by atoms with Gasteiger partial charge < -0.3 is 10.4 Å². The van der Waals surface area contributed by atoms with E-state index >= 15 is 0 Å². The molecule has 0 spiro atoms. The SMILES string of the molecule is CC(NC[C@H]1CCC[C@@H]1O)C(C)(C)n1cncn1. The number of hydrogen-bond acceptors (Lipinski definition) is 4. The lowest BCUT2D eigenvalue weighted by atomic mass is 9.95. The van der Waals surface area contributed by atoms with Crippen LogP contribution < -0.4 is 5.32 Å². The third kappa shape index (κ3) is 2.72. The van der Waals surface area contributed by atoms with Gasteiger partial charge in [0.1, 0.15) is 12.7 Å². The Kier molecular flexibility index (Phi) is 4.02. The van der Waals surface area contributed by atoms with Crippen LogP contribution in [0.15, 0.2) is 12.7 Å². The van der Waals surface area contributed by atoms with Crippen molar-refractivity contribution < 1.29 is 5.11 Å². The van der Waals surface area contributed by atoms with Gasteiger partial charge in [-0.1, -0.05) is 6.42 Å². The maximum absolute atomic E-state index is 9.82.